The predicted molar refractivity (Wildman–Crippen MR) is 115 cm³/mol. The van der Waals surface area contributed by atoms with Crippen molar-refractivity contribution in [1.29, 1.82) is 5.26 Å². The van der Waals surface area contributed by atoms with Crippen LogP contribution < -0.4 is 15.4 Å². The first-order valence-corrected chi connectivity index (χ1v) is 10.5. The molecule has 0 fully saturated rings. The van der Waals surface area contributed by atoms with Crippen molar-refractivity contribution in [3.63, 3.8) is 0 Å². The molecule has 0 unspecified atom stereocenters. The van der Waals surface area contributed by atoms with Gasteiger partial charge in [-0.05, 0) is 42.8 Å². The Morgan fingerprint density at radius 3 is 2.90 bits per heavy atom. The van der Waals surface area contributed by atoms with E-state index >= 15 is 0 Å². The van der Waals surface area contributed by atoms with Crippen LogP contribution >= 0.6 is 11.8 Å². The highest BCUT2D eigenvalue weighted by molar-refractivity contribution is 8.03. The number of phenols is 1. The fourth-order valence-electron chi connectivity index (χ4n) is 3.14. The summed E-state index contributed by atoms with van der Waals surface area (Å²) in [4.78, 5) is 24.5. The monoisotopic (exact) mass is 441 g/mol. The van der Waals surface area contributed by atoms with Crippen molar-refractivity contribution in [3.8, 4) is 17.6 Å². The summed E-state index contributed by atoms with van der Waals surface area (Å²) in [5.74, 6) is -1.54. The lowest BCUT2D eigenvalue weighted by Crippen LogP contribution is -2.31. The molecule has 0 aliphatic carbocycles. The second-order valence-electron chi connectivity index (χ2n) is 6.67. The Morgan fingerprint density at radius 1 is 1.39 bits per heavy atom. The Labute approximate surface area is 182 Å². The Hall–Kier alpha value is -3.51. The number of ether oxygens (including phenoxy) is 1. The van der Waals surface area contributed by atoms with Crippen LogP contribution in [0.5, 0.6) is 11.5 Å². The molecular weight excluding hydrogens is 421 g/mol. The predicted octanol–water partition coefficient (Wildman–Crippen LogP) is 3.64. The molecule has 7 nitrogen and oxygen atoms in total. The van der Waals surface area contributed by atoms with Gasteiger partial charge in [0.1, 0.15) is 5.82 Å². The largest absolute Gasteiger partial charge is 0.504 e. The first-order valence-electron chi connectivity index (χ1n) is 9.49. The van der Waals surface area contributed by atoms with Gasteiger partial charge in [-0.25, -0.2) is 4.39 Å². The van der Waals surface area contributed by atoms with Crippen LogP contribution in [0.2, 0.25) is 0 Å². The van der Waals surface area contributed by atoms with Gasteiger partial charge in [-0.15, -0.1) is 0 Å². The van der Waals surface area contributed by atoms with Gasteiger partial charge in [-0.2, -0.15) is 5.26 Å². The van der Waals surface area contributed by atoms with E-state index < -0.39 is 17.6 Å². The van der Waals surface area contributed by atoms with Crippen LogP contribution in [0.1, 0.15) is 24.8 Å². The van der Waals surface area contributed by atoms with Crippen molar-refractivity contribution in [2.24, 2.45) is 0 Å². The number of benzene rings is 2. The number of nitriles is 1. The van der Waals surface area contributed by atoms with Crippen molar-refractivity contribution in [1.82, 2.24) is 5.32 Å². The number of phenolic OH excluding ortho intramolecular Hbond substituents is 1. The average molecular weight is 441 g/mol. The summed E-state index contributed by atoms with van der Waals surface area (Å²) in [7, 11) is 0. The van der Waals surface area contributed by atoms with Gasteiger partial charge in [0.25, 0.3) is 0 Å². The van der Waals surface area contributed by atoms with E-state index in [1.54, 1.807) is 25.1 Å². The summed E-state index contributed by atoms with van der Waals surface area (Å²) in [6, 6.07) is 12.3. The second-order valence-corrected chi connectivity index (χ2v) is 7.65. The number of aromatic hydroxyl groups is 1. The van der Waals surface area contributed by atoms with E-state index in [0.717, 1.165) is 11.8 Å². The lowest BCUT2D eigenvalue weighted by molar-refractivity contribution is -0.121. The zero-order valence-electron chi connectivity index (χ0n) is 16.6. The molecule has 1 aliphatic heterocycles. The van der Waals surface area contributed by atoms with Crippen LogP contribution in [-0.2, 0) is 9.59 Å². The number of carbonyl (C=O) groups excluding carboxylic acids is 2. The highest BCUT2D eigenvalue weighted by atomic mass is 32.2. The molecule has 9 heteroatoms. The molecule has 3 rings (SSSR count). The van der Waals surface area contributed by atoms with Crippen LogP contribution in [0.3, 0.4) is 0 Å². The molecule has 3 N–H and O–H groups in total. The number of hydrogen-bond acceptors (Lipinski definition) is 6. The minimum Gasteiger partial charge on any atom is -0.504 e. The minimum atomic E-state index is -0.535. The van der Waals surface area contributed by atoms with Crippen LogP contribution in [0.25, 0.3) is 0 Å². The molecule has 160 valence electrons. The van der Waals surface area contributed by atoms with Gasteiger partial charge in [0.05, 0.1) is 29.0 Å². The van der Waals surface area contributed by atoms with Gasteiger partial charge in [0, 0.05) is 18.0 Å². The molecule has 0 saturated heterocycles. The molecule has 1 heterocycles. The summed E-state index contributed by atoms with van der Waals surface area (Å²) in [6.45, 7) is 2.13. The number of thioether (sulfide) groups is 1. The Balaban J connectivity index is 1.79. The van der Waals surface area contributed by atoms with E-state index in [1.807, 2.05) is 0 Å². The molecule has 31 heavy (non-hydrogen) atoms. The maximum Gasteiger partial charge on any atom is 0.234 e. The number of carbonyl (C=O) groups is 2. The molecule has 0 spiro atoms. The molecule has 0 bridgehead atoms. The van der Waals surface area contributed by atoms with Gasteiger partial charge in [-0.1, -0.05) is 23.9 Å². The maximum absolute atomic E-state index is 13.3. The number of halogens is 1. The SMILES string of the molecule is CCOc1cc([C@H]2CC(=O)NC(SCC(=O)Nc3cccc(F)c3)=C2C#N)ccc1O. The summed E-state index contributed by atoms with van der Waals surface area (Å²) in [5.41, 5.74) is 1.28. The van der Waals surface area contributed by atoms with Crippen LogP contribution in [0, 0.1) is 17.1 Å². The van der Waals surface area contributed by atoms with Crippen LogP contribution in [0.15, 0.2) is 53.1 Å². The van der Waals surface area contributed by atoms with E-state index in [9.17, 15) is 24.3 Å². The number of nitrogens with one attached hydrogen (secondary N) is 2. The zero-order valence-corrected chi connectivity index (χ0v) is 17.5. The quantitative estimate of drug-likeness (QED) is 0.605. The van der Waals surface area contributed by atoms with E-state index in [2.05, 4.69) is 16.7 Å². The lowest BCUT2D eigenvalue weighted by Gasteiger charge is -2.25. The Morgan fingerprint density at radius 2 is 2.19 bits per heavy atom. The molecule has 2 aromatic rings. The van der Waals surface area contributed by atoms with E-state index in [0.29, 0.717) is 28.5 Å². The van der Waals surface area contributed by atoms with E-state index in [-0.39, 0.29) is 29.6 Å². The molecule has 1 atom stereocenters. The van der Waals surface area contributed by atoms with Crippen molar-refractivity contribution >= 4 is 29.3 Å². The van der Waals surface area contributed by atoms with Crippen LogP contribution in [0.4, 0.5) is 10.1 Å². The zero-order chi connectivity index (χ0) is 22.4. The molecule has 2 aromatic carbocycles. The highest BCUT2D eigenvalue weighted by Gasteiger charge is 2.30. The molecule has 1 aliphatic rings. The van der Waals surface area contributed by atoms with Crippen LogP contribution in [-0.4, -0.2) is 29.3 Å². The summed E-state index contributed by atoms with van der Waals surface area (Å²) in [5, 5.41) is 25.2. The van der Waals surface area contributed by atoms with Crippen molar-refractivity contribution in [2.75, 3.05) is 17.7 Å². The number of amides is 2. The topological polar surface area (TPSA) is 111 Å². The molecular formula is C22H20FN3O4S. The van der Waals surface area contributed by atoms with Gasteiger partial charge < -0.3 is 20.5 Å². The van der Waals surface area contributed by atoms with Crippen molar-refractivity contribution < 1.29 is 23.8 Å². The number of anilines is 1. The first kappa shape index (κ1) is 22.2. The normalized spacial score (nSPS) is 15.8. The number of hydrogen-bond donors (Lipinski definition) is 3. The Bertz CT molecular complexity index is 1080. The van der Waals surface area contributed by atoms with Gasteiger partial charge >= 0.3 is 0 Å². The number of rotatable bonds is 7. The number of allylic oxidation sites excluding steroid dienone is 1. The third kappa shape index (κ3) is 5.55. The van der Waals surface area contributed by atoms with E-state index in [4.69, 9.17) is 4.74 Å². The highest BCUT2D eigenvalue weighted by Crippen LogP contribution is 2.39. The lowest BCUT2D eigenvalue weighted by atomic mass is 9.87. The molecule has 0 saturated carbocycles. The first-order chi connectivity index (χ1) is 14.9. The molecule has 0 aromatic heterocycles. The van der Waals surface area contributed by atoms with Crippen molar-refractivity contribution in [3.05, 3.63) is 64.4 Å². The molecule has 2 amide bonds. The fourth-order valence-corrected chi connectivity index (χ4v) is 4.01. The third-order valence-corrected chi connectivity index (χ3v) is 5.52. The standard InChI is InChI=1S/C22H20FN3O4S/c1-2-30-19-8-13(6-7-18(19)27)16-10-20(28)26-22(17(16)11-24)31-12-21(29)25-15-5-3-4-14(23)9-15/h3-9,16,27H,2,10,12H2,1H3,(H,25,29)(H,26,28)/t16-/m1/s1. The van der Waals surface area contributed by atoms with Crippen molar-refractivity contribution in [2.45, 2.75) is 19.3 Å². The average Bonchev–Trinajstić information content (AvgIpc) is 2.73. The number of nitrogens with zero attached hydrogens (tertiary/aromatic N) is 1. The summed E-state index contributed by atoms with van der Waals surface area (Å²) >= 11 is 1.02. The smallest absolute Gasteiger partial charge is 0.234 e. The van der Waals surface area contributed by atoms with Gasteiger partial charge in [-0.3, -0.25) is 9.59 Å². The maximum atomic E-state index is 13.3. The Kier molecular flexibility index (Phi) is 7.15. The molecule has 0 radical (unpaired) electrons. The summed E-state index contributed by atoms with van der Waals surface area (Å²) in [6.07, 6.45) is 0.0543. The minimum absolute atomic E-state index is 0.0306. The summed E-state index contributed by atoms with van der Waals surface area (Å²) < 4.78 is 18.7. The fraction of sp³-hybridized carbons (Fsp3) is 0.227. The van der Waals surface area contributed by atoms with E-state index in [1.165, 1.54) is 24.3 Å². The van der Waals surface area contributed by atoms with Gasteiger partial charge in [0.15, 0.2) is 11.5 Å². The third-order valence-electron chi connectivity index (χ3n) is 4.50. The van der Waals surface area contributed by atoms with Gasteiger partial charge in [0.2, 0.25) is 11.8 Å². The second kappa shape index (κ2) is 10.00.